The zero-order chi connectivity index (χ0) is 12.1. The number of benzene rings is 1. The second kappa shape index (κ2) is 5.33. The molecule has 0 saturated carbocycles. The highest BCUT2D eigenvalue weighted by Crippen LogP contribution is 2.10. The molecule has 0 bridgehead atoms. The minimum atomic E-state index is 0.709. The van der Waals surface area contributed by atoms with E-state index in [1.807, 2.05) is 31.2 Å². The normalized spacial score (nSPS) is 10.1. The van der Waals surface area contributed by atoms with E-state index < -0.39 is 0 Å². The highest BCUT2D eigenvalue weighted by molar-refractivity contribution is 5.37. The Morgan fingerprint density at radius 2 is 2.18 bits per heavy atom. The Bertz CT molecular complexity index is 524. The van der Waals surface area contributed by atoms with E-state index >= 15 is 0 Å². The Labute approximate surface area is 101 Å². The van der Waals surface area contributed by atoms with Crippen LogP contribution in [0.25, 0.3) is 0 Å². The van der Waals surface area contributed by atoms with Crippen LogP contribution in [-0.4, -0.2) is 0 Å². The molecule has 2 aromatic rings. The summed E-state index contributed by atoms with van der Waals surface area (Å²) in [6, 6.07) is 9.84. The van der Waals surface area contributed by atoms with Gasteiger partial charge in [-0.3, -0.25) is 0 Å². The lowest BCUT2D eigenvalue weighted by Crippen LogP contribution is -2.13. The van der Waals surface area contributed by atoms with Crippen molar-refractivity contribution >= 4 is 0 Å². The Morgan fingerprint density at radius 1 is 1.29 bits per heavy atom. The summed E-state index contributed by atoms with van der Waals surface area (Å²) in [4.78, 5) is 0. The molecular formula is C14H14N2O. The smallest absolute Gasteiger partial charge is 0.0991 e. The van der Waals surface area contributed by atoms with Crippen molar-refractivity contribution in [1.29, 1.82) is 5.26 Å². The van der Waals surface area contributed by atoms with Gasteiger partial charge in [0.2, 0.25) is 0 Å². The number of rotatable bonds is 4. The molecule has 2 rings (SSSR count). The van der Waals surface area contributed by atoms with Gasteiger partial charge < -0.3 is 9.73 Å². The third-order valence-corrected chi connectivity index (χ3v) is 2.70. The molecule has 1 aromatic carbocycles. The number of nitrogens with zero attached hydrogens (tertiary/aromatic N) is 1. The Kier molecular flexibility index (Phi) is 3.59. The quantitative estimate of drug-likeness (QED) is 0.872. The number of hydrogen-bond donors (Lipinski definition) is 1. The Hall–Kier alpha value is -2.05. The summed E-state index contributed by atoms with van der Waals surface area (Å²) in [5.41, 5.74) is 4.20. The first kappa shape index (κ1) is 11.4. The van der Waals surface area contributed by atoms with Gasteiger partial charge in [-0.2, -0.15) is 5.26 Å². The van der Waals surface area contributed by atoms with Crippen LogP contribution in [0, 0.1) is 18.3 Å². The van der Waals surface area contributed by atoms with E-state index in [0.29, 0.717) is 5.56 Å². The van der Waals surface area contributed by atoms with E-state index in [0.717, 1.165) is 24.2 Å². The van der Waals surface area contributed by atoms with Crippen LogP contribution in [0.1, 0.15) is 22.3 Å². The lowest BCUT2D eigenvalue weighted by atomic mass is 10.1. The summed E-state index contributed by atoms with van der Waals surface area (Å²) in [6.07, 6.45) is 3.41. The number of furan rings is 1. The standard InChI is InChI=1S/C14H14N2O/c1-11-6-12(7-15)2-3-14(11)9-16-8-13-4-5-17-10-13/h2-6,10,16H,8-9H2,1H3. The van der Waals surface area contributed by atoms with Crippen LogP contribution in [0.2, 0.25) is 0 Å². The Balaban J connectivity index is 1.93. The summed E-state index contributed by atoms with van der Waals surface area (Å²) >= 11 is 0. The van der Waals surface area contributed by atoms with Gasteiger partial charge in [0.25, 0.3) is 0 Å². The van der Waals surface area contributed by atoms with Crippen LogP contribution in [-0.2, 0) is 13.1 Å². The minimum Gasteiger partial charge on any atom is -0.472 e. The van der Waals surface area contributed by atoms with E-state index in [2.05, 4.69) is 11.4 Å². The summed E-state index contributed by atoms with van der Waals surface area (Å²) in [7, 11) is 0. The van der Waals surface area contributed by atoms with Gasteiger partial charge >= 0.3 is 0 Å². The fourth-order valence-electron chi connectivity index (χ4n) is 1.70. The average Bonchev–Trinajstić information content (AvgIpc) is 2.84. The molecule has 0 aliphatic heterocycles. The van der Waals surface area contributed by atoms with Crippen LogP contribution in [0.3, 0.4) is 0 Å². The summed E-state index contributed by atoms with van der Waals surface area (Å²) in [5.74, 6) is 0. The molecule has 0 atom stereocenters. The van der Waals surface area contributed by atoms with Crippen molar-refractivity contribution in [2.45, 2.75) is 20.0 Å². The van der Waals surface area contributed by atoms with Crippen LogP contribution < -0.4 is 5.32 Å². The van der Waals surface area contributed by atoms with Crippen molar-refractivity contribution in [2.75, 3.05) is 0 Å². The highest BCUT2D eigenvalue weighted by Gasteiger charge is 2.00. The van der Waals surface area contributed by atoms with E-state index in [-0.39, 0.29) is 0 Å². The third-order valence-electron chi connectivity index (χ3n) is 2.70. The number of aryl methyl sites for hydroxylation is 1. The second-order valence-corrected chi connectivity index (χ2v) is 3.99. The van der Waals surface area contributed by atoms with Gasteiger partial charge in [-0.05, 0) is 36.2 Å². The molecule has 3 heteroatoms. The molecule has 0 aliphatic rings. The van der Waals surface area contributed by atoms with Crippen molar-refractivity contribution < 1.29 is 4.42 Å². The molecule has 0 amide bonds. The number of nitrogens with one attached hydrogen (secondary N) is 1. The fourth-order valence-corrected chi connectivity index (χ4v) is 1.70. The Morgan fingerprint density at radius 3 is 2.82 bits per heavy atom. The van der Waals surface area contributed by atoms with Crippen molar-refractivity contribution in [3.8, 4) is 6.07 Å². The molecule has 0 spiro atoms. The van der Waals surface area contributed by atoms with Crippen molar-refractivity contribution in [1.82, 2.24) is 5.32 Å². The molecule has 1 N–H and O–H groups in total. The maximum absolute atomic E-state index is 8.78. The average molecular weight is 226 g/mol. The molecule has 0 saturated heterocycles. The summed E-state index contributed by atoms with van der Waals surface area (Å²) in [5, 5.41) is 12.1. The predicted octanol–water partition coefficient (Wildman–Crippen LogP) is 2.75. The molecule has 86 valence electrons. The zero-order valence-electron chi connectivity index (χ0n) is 9.73. The van der Waals surface area contributed by atoms with E-state index in [4.69, 9.17) is 9.68 Å². The number of nitriles is 1. The first-order valence-electron chi connectivity index (χ1n) is 5.51. The lowest BCUT2D eigenvalue weighted by Gasteiger charge is -2.07. The molecule has 3 nitrogen and oxygen atoms in total. The third kappa shape index (κ3) is 2.96. The maximum Gasteiger partial charge on any atom is 0.0991 e. The lowest BCUT2D eigenvalue weighted by molar-refractivity contribution is 0.560. The molecule has 1 heterocycles. The molecule has 0 aliphatic carbocycles. The van der Waals surface area contributed by atoms with Crippen LogP contribution >= 0.6 is 0 Å². The minimum absolute atomic E-state index is 0.709. The van der Waals surface area contributed by atoms with Gasteiger partial charge in [0, 0.05) is 18.7 Å². The molecule has 0 radical (unpaired) electrons. The van der Waals surface area contributed by atoms with Gasteiger partial charge in [0.05, 0.1) is 24.2 Å². The van der Waals surface area contributed by atoms with E-state index in [9.17, 15) is 0 Å². The monoisotopic (exact) mass is 226 g/mol. The highest BCUT2D eigenvalue weighted by atomic mass is 16.3. The predicted molar refractivity (Wildman–Crippen MR) is 65.1 cm³/mol. The fraction of sp³-hybridized carbons (Fsp3) is 0.214. The molecule has 17 heavy (non-hydrogen) atoms. The first-order chi connectivity index (χ1) is 8.29. The topological polar surface area (TPSA) is 49.0 Å². The second-order valence-electron chi connectivity index (χ2n) is 3.99. The van der Waals surface area contributed by atoms with Crippen LogP contribution in [0.5, 0.6) is 0 Å². The van der Waals surface area contributed by atoms with Crippen molar-refractivity contribution in [3.63, 3.8) is 0 Å². The number of hydrogen-bond acceptors (Lipinski definition) is 3. The SMILES string of the molecule is Cc1cc(C#N)ccc1CNCc1ccoc1. The van der Waals surface area contributed by atoms with Gasteiger partial charge in [0.1, 0.15) is 0 Å². The van der Waals surface area contributed by atoms with E-state index in [1.165, 1.54) is 5.56 Å². The zero-order valence-corrected chi connectivity index (χ0v) is 9.73. The van der Waals surface area contributed by atoms with E-state index in [1.54, 1.807) is 12.5 Å². The van der Waals surface area contributed by atoms with Gasteiger partial charge in [0.15, 0.2) is 0 Å². The molecule has 0 unspecified atom stereocenters. The maximum atomic E-state index is 8.78. The summed E-state index contributed by atoms with van der Waals surface area (Å²) < 4.78 is 5.00. The summed E-state index contributed by atoms with van der Waals surface area (Å²) in [6.45, 7) is 3.61. The molecule has 1 aromatic heterocycles. The first-order valence-corrected chi connectivity index (χ1v) is 5.51. The molecule has 0 fully saturated rings. The van der Waals surface area contributed by atoms with Crippen LogP contribution in [0.4, 0.5) is 0 Å². The van der Waals surface area contributed by atoms with Gasteiger partial charge in [-0.15, -0.1) is 0 Å². The van der Waals surface area contributed by atoms with Crippen molar-refractivity contribution in [3.05, 3.63) is 59.0 Å². The molecular weight excluding hydrogens is 212 g/mol. The van der Waals surface area contributed by atoms with Crippen LogP contribution in [0.15, 0.2) is 41.2 Å². The largest absolute Gasteiger partial charge is 0.472 e. The van der Waals surface area contributed by atoms with Gasteiger partial charge in [-0.25, -0.2) is 0 Å². The van der Waals surface area contributed by atoms with Crippen molar-refractivity contribution in [2.24, 2.45) is 0 Å². The van der Waals surface area contributed by atoms with Gasteiger partial charge in [-0.1, -0.05) is 6.07 Å².